The maximum absolute atomic E-state index is 12.4. The van der Waals surface area contributed by atoms with Crippen molar-refractivity contribution in [2.45, 2.75) is 32.6 Å². The number of anilines is 1. The molecule has 5 nitrogen and oxygen atoms in total. The van der Waals surface area contributed by atoms with E-state index in [1.807, 2.05) is 17.5 Å². The molecule has 0 atom stereocenters. The number of ether oxygens (including phenoxy) is 2. The molecule has 2 aromatic carbocycles. The number of methoxy groups -OCH3 is 2. The molecule has 0 fully saturated rings. The maximum atomic E-state index is 12.4. The summed E-state index contributed by atoms with van der Waals surface area (Å²) < 4.78 is 10.5. The standard InChI is InChI=1S/C23H26N2O3S/c1-23(2,3)17-9-7-16(8-10-17)18-14-29-22(24-18)25-21(26)13-15-6-11-19(27-4)20(12-15)28-5/h6-12,14H,13H2,1-5H3,(H,24,25,26). The summed E-state index contributed by atoms with van der Waals surface area (Å²) in [6.07, 6.45) is 0.232. The van der Waals surface area contributed by atoms with Crippen LogP contribution in [0.25, 0.3) is 11.3 Å². The van der Waals surface area contributed by atoms with Crippen LogP contribution in [0, 0.1) is 0 Å². The number of nitrogens with one attached hydrogen (secondary N) is 1. The second kappa shape index (κ2) is 8.66. The SMILES string of the molecule is COc1ccc(CC(=O)Nc2nc(-c3ccc(C(C)(C)C)cc3)cs2)cc1OC. The van der Waals surface area contributed by atoms with Gasteiger partial charge in [-0.2, -0.15) is 0 Å². The molecule has 0 aliphatic carbocycles. The number of carbonyl (C=O) groups is 1. The largest absolute Gasteiger partial charge is 0.493 e. The van der Waals surface area contributed by atoms with Crippen LogP contribution in [0.15, 0.2) is 47.8 Å². The number of thiazole rings is 1. The molecular formula is C23H26N2O3S. The normalized spacial score (nSPS) is 11.2. The fraction of sp³-hybridized carbons (Fsp3) is 0.304. The van der Waals surface area contributed by atoms with Crippen molar-refractivity contribution in [3.63, 3.8) is 0 Å². The van der Waals surface area contributed by atoms with Crippen LogP contribution in [0.4, 0.5) is 5.13 Å². The summed E-state index contributed by atoms with van der Waals surface area (Å²) in [5.41, 5.74) is 4.13. The summed E-state index contributed by atoms with van der Waals surface area (Å²) in [7, 11) is 3.16. The summed E-state index contributed by atoms with van der Waals surface area (Å²) in [6, 6.07) is 13.9. The topological polar surface area (TPSA) is 60.5 Å². The number of aromatic nitrogens is 1. The van der Waals surface area contributed by atoms with Crippen molar-refractivity contribution >= 4 is 22.4 Å². The zero-order valence-electron chi connectivity index (χ0n) is 17.4. The molecule has 0 aliphatic rings. The van der Waals surface area contributed by atoms with Crippen LogP contribution in [0.2, 0.25) is 0 Å². The van der Waals surface area contributed by atoms with E-state index >= 15 is 0 Å². The lowest BCUT2D eigenvalue weighted by atomic mass is 9.86. The monoisotopic (exact) mass is 410 g/mol. The molecule has 1 N–H and O–H groups in total. The average Bonchev–Trinajstić information content (AvgIpc) is 3.15. The Morgan fingerprint density at radius 3 is 2.34 bits per heavy atom. The average molecular weight is 411 g/mol. The first-order valence-electron chi connectivity index (χ1n) is 9.37. The van der Waals surface area contributed by atoms with Crippen molar-refractivity contribution in [1.82, 2.24) is 4.98 Å². The molecule has 6 heteroatoms. The Kier molecular flexibility index (Phi) is 6.23. The van der Waals surface area contributed by atoms with Gasteiger partial charge < -0.3 is 14.8 Å². The van der Waals surface area contributed by atoms with E-state index in [2.05, 4.69) is 55.3 Å². The number of amides is 1. The van der Waals surface area contributed by atoms with E-state index in [1.54, 1.807) is 20.3 Å². The smallest absolute Gasteiger partial charge is 0.230 e. The van der Waals surface area contributed by atoms with Gasteiger partial charge in [0, 0.05) is 10.9 Å². The van der Waals surface area contributed by atoms with E-state index < -0.39 is 0 Å². The van der Waals surface area contributed by atoms with Crippen molar-refractivity contribution in [3.05, 3.63) is 59.0 Å². The van der Waals surface area contributed by atoms with Crippen LogP contribution in [-0.4, -0.2) is 25.1 Å². The second-order valence-electron chi connectivity index (χ2n) is 7.78. The summed E-state index contributed by atoms with van der Waals surface area (Å²) in [4.78, 5) is 17.0. The lowest BCUT2D eigenvalue weighted by molar-refractivity contribution is -0.115. The van der Waals surface area contributed by atoms with Gasteiger partial charge in [-0.3, -0.25) is 4.79 Å². The van der Waals surface area contributed by atoms with Gasteiger partial charge in [0.25, 0.3) is 0 Å². The maximum Gasteiger partial charge on any atom is 0.230 e. The minimum atomic E-state index is -0.124. The minimum absolute atomic E-state index is 0.115. The molecule has 1 amide bonds. The summed E-state index contributed by atoms with van der Waals surface area (Å²) in [5.74, 6) is 1.12. The highest BCUT2D eigenvalue weighted by Gasteiger charge is 2.14. The molecule has 152 valence electrons. The van der Waals surface area contributed by atoms with E-state index in [0.717, 1.165) is 16.8 Å². The quantitative estimate of drug-likeness (QED) is 0.599. The zero-order valence-corrected chi connectivity index (χ0v) is 18.2. The highest BCUT2D eigenvalue weighted by atomic mass is 32.1. The second-order valence-corrected chi connectivity index (χ2v) is 8.64. The molecule has 29 heavy (non-hydrogen) atoms. The van der Waals surface area contributed by atoms with Gasteiger partial charge in [-0.15, -0.1) is 11.3 Å². The van der Waals surface area contributed by atoms with Gasteiger partial charge in [0.2, 0.25) is 5.91 Å². The van der Waals surface area contributed by atoms with Crippen LogP contribution in [0.1, 0.15) is 31.9 Å². The summed E-state index contributed by atoms with van der Waals surface area (Å²) in [6.45, 7) is 6.57. The zero-order chi connectivity index (χ0) is 21.0. The molecule has 1 aromatic heterocycles. The molecule has 0 unspecified atom stereocenters. The highest BCUT2D eigenvalue weighted by Crippen LogP contribution is 2.29. The summed E-state index contributed by atoms with van der Waals surface area (Å²) >= 11 is 1.42. The Morgan fingerprint density at radius 1 is 1.03 bits per heavy atom. The fourth-order valence-corrected chi connectivity index (χ4v) is 3.68. The summed E-state index contributed by atoms with van der Waals surface area (Å²) in [5, 5.41) is 5.42. The molecule has 0 aliphatic heterocycles. The van der Waals surface area contributed by atoms with Crippen LogP contribution in [0.3, 0.4) is 0 Å². The molecule has 0 radical (unpaired) electrons. The number of benzene rings is 2. The van der Waals surface area contributed by atoms with Crippen LogP contribution >= 0.6 is 11.3 Å². The molecular weight excluding hydrogens is 384 g/mol. The Labute approximate surface area is 175 Å². The fourth-order valence-electron chi connectivity index (χ4n) is 2.94. The lowest BCUT2D eigenvalue weighted by Gasteiger charge is -2.18. The first-order chi connectivity index (χ1) is 13.8. The highest BCUT2D eigenvalue weighted by molar-refractivity contribution is 7.14. The third kappa shape index (κ3) is 5.15. The van der Waals surface area contributed by atoms with Crippen molar-refractivity contribution in [3.8, 4) is 22.8 Å². The molecule has 0 saturated carbocycles. The van der Waals surface area contributed by atoms with E-state index in [-0.39, 0.29) is 17.7 Å². The van der Waals surface area contributed by atoms with E-state index in [4.69, 9.17) is 9.47 Å². The van der Waals surface area contributed by atoms with Gasteiger partial charge in [-0.25, -0.2) is 4.98 Å². The molecule has 3 aromatic rings. The molecule has 0 saturated heterocycles. The Hall–Kier alpha value is -2.86. The van der Waals surface area contributed by atoms with E-state index in [0.29, 0.717) is 16.6 Å². The van der Waals surface area contributed by atoms with E-state index in [1.165, 1.54) is 16.9 Å². The van der Waals surface area contributed by atoms with Gasteiger partial charge >= 0.3 is 0 Å². The number of hydrogen-bond donors (Lipinski definition) is 1. The van der Waals surface area contributed by atoms with Crippen LogP contribution in [-0.2, 0) is 16.6 Å². The number of rotatable bonds is 6. The third-order valence-corrected chi connectivity index (χ3v) is 5.37. The van der Waals surface area contributed by atoms with Crippen molar-refractivity contribution in [2.75, 3.05) is 19.5 Å². The lowest BCUT2D eigenvalue weighted by Crippen LogP contribution is -2.14. The number of hydrogen-bond acceptors (Lipinski definition) is 5. The Bertz CT molecular complexity index is 988. The van der Waals surface area contributed by atoms with Crippen LogP contribution in [0.5, 0.6) is 11.5 Å². The third-order valence-electron chi connectivity index (χ3n) is 4.61. The van der Waals surface area contributed by atoms with Crippen molar-refractivity contribution < 1.29 is 14.3 Å². The Morgan fingerprint density at radius 2 is 1.72 bits per heavy atom. The number of carbonyl (C=O) groups excluding carboxylic acids is 1. The van der Waals surface area contributed by atoms with Gasteiger partial charge in [0.1, 0.15) is 0 Å². The Balaban J connectivity index is 1.66. The first kappa shape index (κ1) is 20.9. The predicted molar refractivity (Wildman–Crippen MR) is 118 cm³/mol. The molecule has 1 heterocycles. The number of nitrogens with zero attached hydrogens (tertiary/aromatic N) is 1. The van der Waals surface area contributed by atoms with Gasteiger partial charge in [-0.1, -0.05) is 51.1 Å². The van der Waals surface area contributed by atoms with Gasteiger partial charge in [-0.05, 0) is 28.7 Å². The van der Waals surface area contributed by atoms with Crippen molar-refractivity contribution in [1.29, 1.82) is 0 Å². The minimum Gasteiger partial charge on any atom is -0.493 e. The molecule has 3 rings (SSSR count). The van der Waals surface area contributed by atoms with Gasteiger partial charge in [0.15, 0.2) is 16.6 Å². The van der Waals surface area contributed by atoms with Gasteiger partial charge in [0.05, 0.1) is 26.3 Å². The predicted octanol–water partition coefficient (Wildman–Crippen LogP) is 5.31. The van der Waals surface area contributed by atoms with Crippen molar-refractivity contribution in [2.24, 2.45) is 0 Å². The van der Waals surface area contributed by atoms with Crippen LogP contribution < -0.4 is 14.8 Å². The van der Waals surface area contributed by atoms with E-state index in [9.17, 15) is 4.79 Å². The molecule has 0 bridgehead atoms. The molecule has 0 spiro atoms. The first-order valence-corrected chi connectivity index (χ1v) is 10.3.